The van der Waals surface area contributed by atoms with Crippen LogP contribution in [0.2, 0.25) is 0 Å². The molecule has 1 N–H and O–H groups in total. The van der Waals surface area contributed by atoms with Crippen LogP contribution >= 0.6 is 0 Å². The molecule has 112 valence electrons. The van der Waals surface area contributed by atoms with Gasteiger partial charge in [-0.3, -0.25) is 4.90 Å². The number of benzene rings is 1. The summed E-state index contributed by atoms with van der Waals surface area (Å²) in [6.07, 6.45) is 4.84. The molecule has 1 aromatic carbocycles. The van der Waals surface area contributed by atoms with Gasteiger partial charge in [-0.2, -0.15) is 0 Å². The Morgan fingerprint density at radius 3 is 3.00 bits per heavy atom. The van der Waals surface area contributed by atoms with Gasteiger partial charge in [0.05, 0.1) is 7.11 Å². The summed E-state index contributed by atoms with van der Waals surface area (Å²) in [5.41, 5.74) is 0.737. The van der Waals surface area contributed by atoms with Gasteiger partial charge in [-0.1, -0.05) is 18.6 Å². The zero-order valence-electron chi connectivity index (χ0n) is 12.5. The zero-order chi connectivity index (χ0) is 14.4. The Hall–Kier alpha value is -1.13. The number of hydrogen-bond acceptors (Lipinski definition) is 3. The molecule has 1 aromatic rings. The topological polar surface area (TPSA) is 24.5 Å². The van der Waals surface area contributed by atoms with E-state index in [2.05, 4.69) is 10.2 Å². The highest BCUT2D eigenvalue weighted by atomic mass is 19.1. The van der Waals surface area contributed by atoms with Crippen LogP contribution in [0.25, 0.3) is 0 Å². The standard InChI is InChI=1S/C16H25FN2O/c1-18-10-9-14-7-3-4-11-19(14)12-13-6-5-8-15(20-2)16(13)17/h5-6,8,14,18H,3-4,7,9-12H2,1-2H3. The molecule has 0 amide bonds. The maximum atomic E-state index is 14.2. The first-order valence-corrected chi connectivity index (χ1v) is 7.46. The van der Waals surface area contributed by atoms with E-state index in [-0.39, 0.29) is 5.82 Å². The first kappa shape index (κ1) is 15.3. The number of nitrogens with zero attached hydrogens (tertiary/aromatic N) is 1. The summed E-state index contributed by atoms with van der Waals surface area (Å²) in [5.74, 6) is 0.124. The number of halogens is 1. The molecular formula is C16H25FN2O. The minimum atomic E-state index is -0.215. The van der Waals surface area contributed by atoms with E-state index in [4.69, 9.17) is 4.74 Å². The van der Waals surface area contributed by atoms with Crippen LogP contribution in [0.15, 0.2) is 18.2 Å². The molecule has 1 unspecified atom stereocenters. The minimum absolute atomic E-state index is 0.215. The van der Waals surface area contributed by atoms with Crippen LogP contribution in [0, 0.1) is 5.82 Å². The summed E-state index contributed by atoms with van der Waals surface area (Å²) in [4.78, 5) is 2.42. The predicted octanol–water partition coefficient (Wildman–Crippen LogP) is 2.80. The van der Waals surface area contributed by atoms with Crippen molar-refractivity contribution in [2.75, 3.05) is 27.2 Å². The highest BCUT2D eigenvalue weighted by Crippen LogP contribution is 2.25. The average molecular weight is 280 g/mol. The highest BCUT2D eigenvalue weighted by molar-refractivity contribution is 5.31. The number of ether oxygens (including phenoxy) is 1. The fraction of sp³-hybridized carbons (Fsp3) is 0.625. The summed E-state index contributed by atoms with van der Waals surface area (Å²) < 4.78 is 19.3. The van der Waals surface area contributed by atoms with E-state index in [1.165, 1.54) is 26.4 Å². The van der Waals surface area contributed by atoms with Gasteiger partial charge >= 0.3 is 0 Å². The van der Waals surface area contributed by atoms with Gasteiger partial charge in [0.2, 0.25) is 0 Å². The van der Waals surface area contributed by atoms with E-state index in [0.717, 1.165) is 25.1 Å². The van der Waals surface area contributed by atoms with Gasteiger partial charge in [0.15, 0.2) is 11.6 Å². The van der Waals surface area contributed by atoms with Gasteiger partial charge < -0.3 is 10.1 Å². The van der Waals surface area contributed by atoms with Crippen molar-refractivity contribution < 1.29 is 9.13 Å². The molecular weight excluding hydrogens is 255 g/mol. The van der Waals surface area contributed by atoms with Gasteiger partial charge in [-0.15, -0.1) is 0 Å². The van der Waals surface area contributed by atoms with Crippen LogP contribution in [0.4, 0.5) is 4.39 Å². The van der Waals surface area contributed by atoms with Crippen LogP contribution in [-0.2, 0) is 6.54 Å². The summed E-state index contributed by atoms with van der Waals surface area (Å²) >= 11 is 0. The SMILES string of the molecule is CNCCC1CCCCN1Cc1cccc(OC)c1F. The van der Waals surface area contributed by atoms with Crippen molar-refractivity contribution in [1.29, 1.82) is 0 Å². The molecule has 4 heteroatoms. The monoisotopic (exact) mass is 280 g/mol. The number of methoxy groups -OCH3 is 1. The van der Waals surface area contributed by atoms with Crippen molar-refractivity contribution >= 4 is 0 Å². The molecule has 1 aliphatic heterocycles. The van der Waals surface area contributed by atoms with Gasteiger partial charge in [0.1, 0.15) is 0 Å². The second-order valence-corrected chi connectivity index (χ2v) is 5.45. The van der Waals surface area contributed by atoms with Crippen molar-refractivity contribution in [1.82, 2.24) is 10.2 Å². The van der Waals surface area contributed by atoms with Gasteiger partial charge in [0, 0.05) is 18.2 Å². The molecule has 20 heavy (non-hydrogen) atoms. The number of hydrogen-bond donors (Lipinski definition) is 1. The van der Waals surface area contributed by atoms with Crippen molar-refractivity contribution in [3.8, 4) is 5.75 Å². The van der Waals surface area contributed by atoms with Gasteiger partial charge in [-0.05, 0) is 45.5 Å². The first-order valence-electron chi connectivity index (χ1n) is 7.46. The molecule has 0 saturated carbocycles. The van der Waals surface area contributed by atoms with Crippen LogP contribution in [0.3, 0.4) is 0 Å². The lowest BCUT2D eigenvalue weighted by molar-refractivity contribution is 0.130. The zero-order valence-corrected chi connectivity index (χ0v) is 12.5. The van der Waals surface area contributed by atoms with Crippen molar-refractivity contribution in [2.45, 2.75) is 38.3 Å². The lowest BCUT2D eigenvalue weighted by Gasteiger charge is -2.36. The van der Waals surface area contributed by atoms with Crippen molar-refractivity contribution in [2.24, 2.45) is 0 Å². The molecule has 3 nitrogen and oxygen atoms in total. The highest BCUT2D eigenvalue weighted by Gasteiger charge is 2.23. The Labute approximate surface area is 121 Å². The molecule has 1 saturated heterocycles. The second kappa shape index (κ2) is 7.60. The van der Waals surface area contributed by atoms with Crippen LogP contribution < -0.4 is 10.1 Å². The van der Waals surface area contributed by atoms with Crippen molar-refractivity contribution in [3.63, 3.8) is 0 Å². The summed E-state index contributed by atoms with van der Waals surface area (Å²) in [6.45, 7) is 2.75. The molecule has 1 fully saturated rings. The smallest absolute Gasteiger partial charge is 0.169 e. The lowest BCUT2D eigenvalue weighted by atomic mass is 9.98. The van der Waals surface area contributed by atoms with Crippen LogP contribution in [0.5, 0.6) is 5.75 Å². The predicted molar refractivity (Wildman–Crippen MR) is 79.5 cm³/mol. The number of rotatable bonds is 6. The number of piperidine rings is 1. The summed E-state index contributed by atoms with van der Waals surface area (Å²) in [5, 5.41) is 3.21. The summed E-state index contributed by atoms with van der Waals surface area (Å²) in [7, 11) is 3.49. The summed E-state index contributed by atoms with van der Waals surface area (Å²) in [6, 6.07) is 5.96. The molecule has 0 aromatic heterocycles. The Morgan fingerprint density at radius 2 is 2.25 bits per heavy atom. The molecule has 2 rings (SSSR count). The maximum Gasteiger partial charge on any atom is 0.169 e. The van der Waals surface area contributed by atoms with Crippen LogP contribution in [0.1, 0.15) is 31.2 Å². The third-order valence-corrected chi connectivity index (χ3v) is 4.11. The van der Waals surface area contributed by atoms with E-state index in [0.29, 0.717) is 18.3 Å². The van der Waals surface area contributed by atoms with Gasteiger partial charge in [0.25, 0.3) is 0 Å². The fourth-order valence-corrected chi connectivity index (χ4v) is 2.96. The molecule has 0 radical (unpaired) electrons. The Kier molecular flexibility index (Phi) is 5.80. The number of likely N-dealkylation sites (tertiary alicyclic amines) is 1. The second-order valence-electron chi connectivity index (χ2n) is 5.45. The third kappa shape index (κ3) is 3.70. The molecule has 0 spiro atoms. The van der Waals surface area contributed by atoms with Crippen molar-refractivity contribution in [3.05, 3.63) is 29.6 Å². The molecule has 0 bridgehead atoms. The molecule has 1 aliphatic rings. The quantitative estimate of drug-likeness (QED) is 0.867. The van der Waals surface area contributed by atoms with E-state index in [9.17, 15) is 4.39 Å². The first-order chi connectivity index (χ1) is 9.76. The van der Waals surface area contributed by atoms with Gasteiger partial charge in [-0.25, -0.2) is 4.39 Å². The van der Waals surface area contributed by atoms with E-state index < -0.39 is 0 Å². The third-order valence-electron chi connectivity index (χ3n) is 4.11. The lowest BCUT2D eigenvalue weighted by Crippen LogP contribution is -2.40. The largest absolute Gasteiger partial charge is 0.494 e. The van der Waals surface area contributed by atoms with Crippen LogP contribution in [-0.4, -0.2) is 38.2 Å². The molecule has 1 heterocycles. The van der Waals surface area contributed by atoms with E-state index in [1.807, 2.05) is 19.2 Å². The molecule has 1 atom stereocenters. The minimum Gasteiger partial charge on any atom is -0.494 e. The fourth-order valence-electron chi connectivity index (χ4n) is 2.96. The Morgan fingerprint density at radius 1 is 1.40 bits per heavy atom. The maximum absolute atomic E-state index is 14.2. The Bertz CT molecular complexity index is 425. The van der Waals surface area contributed by atoms with E-state index >= 15 is 0 Å². The Balaban J connectivity index is 2.06. The normalized spacial score (nSPS) is 20.1. The van der Waals surface area contributed by atoms with E-state index in [1.54, 1.807) is 6.07 Å². The number of nitrogens with one attached hydrogen (secondary N) is 1. The average Bonchev–Trinajstić information content (AvgIpc) is 2.48. The molecule has 0 aliphatic carbocycles.